The molecule has 1 saturated heterocycles. The lowest BCUT2D eigenvalue weighted by Crippen LogP contribution is -2.38. The normalized spacial score (nSPS) is 18.1. The predicted molar refractivity (Wildman–Crippen MR) is 124 cm³/mol. The minimum Gasteiger partial charge on any atom is -0.331 e. The summed E-state index contributed by atoms with van der Waals surface area (Å²) in [6.45, 7) is 0. The SMILES string of the molecule is CN(C1CCS(=O)(=O)C1)S(=O)(=O)c1cnc(C(c2ccc(F)c(Cl)c2)c2ccc(F)c(Cl)c2)[nH]1. The Labute approximate surface area is 205 Å². The van der Waals surface area contributed by atoms with Crippen LogP contribution < -0.4 is 0 Å². The summed E-state index contributed by atoms with van der Waals surface area (Å²) in [6, 6.07) is 7.26. The maximum absolute atomic E-state index is 13.8. The second kappa shape index (κ2) is 9.19. The van der Waals surface area contributed by atoms with Crippen molar-refractivity contribution in [2.45, 2.75) is 23.4 Å². The average molecular weight is 550 g/mol. The van der Waals surface area contributed by atoms with E-state index < -0.39 is 43.5 Å². The number of benzene rings is 2. The largest absolute Gasteiger partial charge is 0.331 e. The van der Waals surface area contributed by atoms with Crippen LogP contribution >= 0.6 is 23.2 Å². The Morgan fingerprint density at radius 2 is 1.65 bits per heavy atom. The van der Waals surface area contributed by atoms with Gasteiger partial charge in [-0.1, -0.05) is 35.3 Å². The third kappa shape index (κ3) is 4.85. The molecule has 0 aliphatic carbocycles. The van der Waals surface area contributed by atoms with Crippen molar-refractivity contribution in [2.75, 3.05) is 18.6 Å². The Kier molecular flexibility index (Phi) is 6.78. The molecule has 0 amide bonds. The van der Waals surface area contributed by atoms with Gasteiger partial charge in [0.1, 0.15) is 17.5 Å². The van der Waals surface area contributed by atoms with E-state index in [0.717, 1.165) is 22.6 Å². The lowest BCUT2D eigenvalue weighted by molar-refractivity contribution is 0.392. The third-order valence-electron chi connectivity index (χ3n) is 5.78. The molecular formula is C21H19Cl2F2N3O4S2. The second-order valence-electron chi connectivity index (χ2n) is 7.99. The average Bonchev–Trinajstić information content (AvgIpc) is 3.40. The van der Waals surface area contributed by atoms with Crippen molar-refractivity contribution in [3.63, 3.8) is 0 Å². The highest BCUT2D eigenvalue weighted by Gasteiger charge is 2.37. The van der Waals surface area contributed by atoms with Gasteiger partial charge in [0.15, 0.2) is 14.9 Å². The van der Waals surface area contributed by atoms with Gasteiger partial charge in [0, 0.05) is 13.1 Å². The number of nitrogens with zero attached hydrogens (tertiary/aromatic N) is 2. The monoisotopic (exact) mass is 549 g/mol. The number of sulfonamides is 1. The van der Waals surface area contributed by atoms with Gasteiger partial charge in [-0.25, -0.2) is 30.6 Å². The first-order valence-corrected chi connectivity index (χ1v) is 14.0. The van der Waals surface area contributed by atoms with E-state index in [0.29, 0.717) is 11.1 Å². The molecule has 1 N–H and O–H groups in total. The molecule has 3 aromatic rings. The predicted octanol–water partition coefficient (Wildman–Crippen LogP) is 3.98. The van der Waals surface area contributed by atoms with Gasteiger partial charge in [-0.2, -0.15) is 4.31 Å². The van der Waals surface area contributed by atoms with E-state index in [2.05, 4.69) is 9.97 Å². The van der Waals surface area contributed by atoms with Crippen LogP contribution in [0.3, 0.4) is 0 Å². The summed E-state index contributed by atoms with van der Waals surface area (Å²) in [5.74, 6) is -2.23. The zero-order chi connectivity index (χ0) is 24.8. The van der Waals surface area contributed by atoms with Gasteiger partial charge >= 0.3 is 0 Å². The van der Waals surface area contributed by atoms with Crippen molar-refractivity contribution in [1.82, 2.24) is 14.3 Å². The third-order valence-corrected chi connectivity index (χ3v) is 9.93. The molecule has 34 heavy (non-hydrogen) atoms. The van der Waals surface area contributed by atoms with Gasteiger partial charge in [0.05, 0.1) is 33.7 Å². The van der Waals surface area contributed by atoms with Crippen LogP contribution in [0.1, 0.15) is 29.3 Å². The van der Waals surface area contributed by atoms with Gasteiger partial charge in [0.25, 0.3) is 10.0 Å². The molecule has 1 aliphatic rings. The zero-order valence-corrected chi connectivity index (χ0v) is 20.8. The maximum Gasteiger partial charge on any atom is 0.260 e. The van der Waals surface area contributed by atoms with Crippen LogP contribution in [0.5, 0.6) is 0 Å². The first kappa shape index (κ1) is 25.1. The van der Waals surface area contributed by atoms with E-state index in [1.165, 1.54) is 31.3 Å². The summed E-state index contributed by atoms with van der Waals surface area (Å²) in [4.78, 5) is 7.00. The van der Waals surface area contributed by atoms with Crippen molar-refractivity contribution in [2.24, 2.45) is 0 Å². The Morgan fingerprint density at radius 3 is 2.12 bits per heavy atom. The van der Waals surface area contributed by atoms with Crippen LogP contribution in [0.4, 0.5) is 8.78 Å². The zero-order valence-electron chi connectivity index (χ0n) is 17.7. The molecule has 0 radical (unpaired) electrons. The molecule has 0 spiro atoms. The topological polar surface area (TPSA) is 100 Å². The molecule has 0 saturated carbocycles. The van der Waals surface area contributed by atoms with E-state index in [1.807, 2.05) is 0 Å². The fourth-order valence-corrected chi connectivity index (χ4v) is 7.45. The van der Waals surface area contributed by atoms with Crippen LogP contribution in [0, 0.1) is 11.6 Å². The minimum atomic E-state index is -4.10. The molecule has 1 atom stereocenters. The van der Waals surface area contributed by atoms with E-state index in [9.17, 15) is 25.6 Å². The molecular weight excluding hydrogens is 531 g/mol. The molecule has 1 aromatic heterocycles. The van der Waals surface area contributed by atoms with E-state index in [4.69, 9.17) is 23.2 Å². The summed E-state index contributed by atoms with van der Waals surface area (Å²) in [5.41, 5.74) is 0.922. The molecule has 1 fully saturated rings. The van der Waals surface area contributed by atoms with Crippen molar-refractivity contribution >= 4 is 43.1 Å². The van der Waals surface area contributed by atoms with E-state index in [-0.39, 0.29) is 38.8 Å². The summed E-state index contributed by atoms with van der Waals surface area (Å²) >= 11 is 11.9. The number of hydrogen-bond donors (Lipinski definition) is 1. The first-order chi connectivity index (χ1) is 15.9. The molecule has 4 rings (SSSR count). The molecule has 0 bridgehead atoms. The quantitative estimate of drug-likeness (QED) is 0.501. The van der Waals surface area contributed by atoms with Crippen LogP contribution in [0.15, 0.2) is 47.6 Å². The van der Waals surface area contributed by atoms with Gasteiger partial charge in [-0.05, 0) is 41.8 Å². The Hall–Kier alpha value is -2.05. The number of imidazole rings is 1. The van der Waals surface area contributed by atoms with Crippen molar-refractivity contribution < 1.29 is 25.6 Å². The standard InChI is InChI=1S/C21H19Cl2F2N3O4S2/c1-28(14-6-7-33(29,30)11-14)34(31,32)19-10-26-21(27-19)20(12-2-4-17(24)15(22)8-12)13-3-5-18(25)16(23)9-13/h2-5,8-10,14,20H,6-7,11H2,1H3,(H,26,27). The van der Waals surface area contributed by atoms with Crippen LogP contribution in [-0.2, 0) is 19.9 Å². The molecule has 2 heterocycles. The number of halogens is 4. The Balaban J connectivity index is 1.76. The van der Waals surface area contributed by atoms with Crippen molar-refractivity contribution in [3.05, 3.63) is 81.2 Å². The Morgan fingerprint density at radius 1 is 1.09 bits per heavy atom. The number of sulfone groups is 1. The lowest BCUT2D eigenvalue weighted by Gasteiger charge is -2.22. The van der Waals surface area contributed by atoms with E-state index in [1.54, 1.807) is 0 Å². The number of rotatable bonds is 6. The van der Waals surface area contributed by atoms with Crippen LogP contribution in [0.25, 0.3) is 0 Å². The van der Waals surface area contributed by atoms with Crippen LogP contribution in [0.2, 0.25) is 10.0 Å². The number of aromatic amines is 1. The summed E-state index contributed by atoms with van der Waals surface area (Å²) in [7, 11) is -6.08. The van der Waals surface area contributed by atoms with Gasteiger partial charge in [-0.3, -0.25) is 0 Å². The summed E-state index contributed by atoms with van der Waals surface area (Å²) in [5, 5.41) is -0.560. The van der Waals surface area contributed by atoms with Gasteiger partial charge in [0.2, 0.25) is 0 Å². The second-order valence-corrected chi connectivity index (χ2v) is 13.0. The smallest absolute Gasteiger partial charge is 0.260 e. The van der Waals surface area contributed by atoms with Crippen LogP contribution in [-0.4, -0.2) is 55.7 Å². The summed E-state index contributed by atoms with van der Waals surface area (Å²) < 4.78 is 78.5. The fraction of sp³-hybridized carbons (Fsp3) is 0.286. The number of aromatic nitrogens is 2. The minimum absolute atomic E-state index is 0.0789. The lowest BCUT2D eigenvalue weighted by atomic mass is 9.90. The highest BCUT2D eigenvalue weighted by atomic mass is 35.5. The first-order valence-electron chi connectivity index (χ1n) is 10.0. The number of H-pyrrole nitrogens is 1. The van der Waals surface area contributed by atoms with Gasteiger partial charge < -0.3 is 4.98 Å². The Bertz CT molecular complexity index is 1410. The fourth-order valence-electron chi connectivity index (χ4n) is 3.90. The highest BCUT2D eigenvalue weighted by Crippen LogP contribution is 2.35. The van der Waals surface area contributed by atoms with E-state index >= 15 is 0 Å². The molecule has 13 heteroatoms. The van der Waals surface area contributed by atoms with Crippen molar-refractivity contribution in [3.8, 4) is 0 Å². The molecule has 2 aromatic carbocycles. The molecule has 182 valence electrons. The maximum atomic E-state index is 13.8. The number of hydrogen-bond acceptors (Lipinski definition) is 5. The molecule has 1 unspecified atom stereocenters. The van der Waals surface area contributed by atoms with Crippen molar-refractivity contribution in [1.29, 1.82) is 0 Å². The molecule has 7 nitrogen and oxygen atoms in total. The number of nitrogens with one attached hydrogen (secondary N) is 1. The highest BCUT2D eigenvalue weighted by molar-refractivity contribution is 7.92. The molecule has 1 aliphatic heterocycles. The summed E-state index contributed by atoms with van der Waals surface area (Å²) in [6.07, 6.45) is 1.32. The van der Waals surface area contributed by atoms with Gasteiger partial charge in [-0.15, -0.1) is 0 Å².